The highest BCUT2D eigenvalue weighted by Gasteiger charge is 2.42. The molecule has 0 aromatic rings. The Hall–Kier alpha value is -0.0800. The fourth-order valence-electron chi connectivity index (χ4n) is 3.81. The third-order valence-corrected chi connectivity index (χ3v) is 5.26. The predicted octanol–water partition coefficient (Wildman–Crippen LogP) is 4.53. The summed E-state index contributed by atoms with van der Waals surface area (Å²) >= 11 is 0. The molecular formula is C18H35NO. The van der Waals surface area contributed by atoms with E-state index in [9.17, 15) is 0 Å². The van der Waals surface area contributed by atoms with Crippen LogP contribution in [0.15, 0.2) is 0 Å². The monoisotopic (exact) mass is 281 g/mol. The summed E-state index contributed by atoms with van der Waals surface area (Å²) in [6.07, 6.45) is 9.75. The Bertz CT molecular complexity index is 299. The average Bonchev–Trinajstić information content (AvgIpc) is 2.94. The Balaban J connectivity index is 1.83. The Kier molecular flexibility index (Phi) is 5.18. The Morgan fingerprint density at radius 3 is 2.35 bits per heavy atom. The van der Waals surface area contributed by atoms with Crippen molar-refractivity contribution in [3.63, 3.8) is 0 Å². The van der Waals surface area contributed by atoms with Crippen molar-refractivity contribution in [2.75, 3.05) is 6.54 Å². The van der Waals surface area contributed by atoms with Gasteiger partial charge < -0.3 is 10.1 Å². The smallest absolute Gasteiger partial charge is 0.0687 e. The van der Waals surface area contributed by atoms with Crippen LogP contribution in [0.1, 0.15) is 79.6 Å². The van der Waals surface area contributed by atoms with Crippen LogP contribution in [0.5, 0.6) is 0 Å². The van der Waals surface area contributed by atoms with Crippen LogP contribution in [-0.4, -0.2) is 23.8 Å². The first-order valence-electron chi connectivity index (χ1n) is 8.73. The van der Waals surface area contributed by atoms with E-state index in [1.54, 1.807) is 0 Å². The summed E-state index contributed by atoms with van der Waals surface area (Å²) in [6, 6.07) is 0. The highest BCUT2D eigenvalue weighted by Crippen LogP contribution is 2.44. The number of rotatable bonds is 5. The standard InChI is InChI=1S/C18H35NO/c1-14(2)15(13-19-17(3,4)5)12-16-8-11-18(20-16)9-6-7-10-18/h14-16,19H,6-13H2,1-5H3. The highest BCUT2D eigenvalue weighted by atomic mass is 16.5. The molecule has 1 aliphatic heterocycles. The van der Waals surface area contributed by atoms with Crippen molar-refractivity contribution in [3.8, 4) is 0 Å². The van der Waals surface area contributed by atoms with Crippen molar-refractivity contribution >= 4 is 0 Å². The Labute approximate surface area is 126 Å². The fraction of sp³-hybridized carbons (Fsp3) is 1.00. The summed E-state index contributed by atoms with van der Waals surface area (Å²) in [5.41, 5.74) is 0.514. The maximum absolute atomic E-state index is 6.49. The third-order valence-electron chi connectivity index (χ3n) is 5.26. The SMILES string of the molecule is CC(C)C(CNC(C)(C)C)CC1CCC2(CCCC2)O1. The first-order chi connectivity index (χ1) is 9.30. The van der Waals surface area contributed by atoms with Gasteiger partial charge in [-0.25, -0.2) is 0 Å². The average molecular weight is 281 g/mol. The van der Waals surface area contributed by atoms with E-state index >= 15 is 0 Å². The van der Waals surface area contributed by atoms with Crippen LogP contribution < -0.4 is 5.32 Å². The quantitative estimate of drug-likeness (QED) is 0.799. The van der Waals surface area contributed by atoms with Crippen LogP contribution in [0.2, 0.25) is 0 Å². The molecule has 1 heterocycles. The largest absolute Gasteiger partial charge is 0.372 e. The summed E-state index contributed by atoms with van der Waals surface area (Å²) < 4.78 is 6.49. The van der Waals surface area contributed by atoms with E-state index in [1.165, 1.54) is 44.9 Å². The summed E-state index contributed by atoms with van der Waals surface area (Å²) in [4.78, 5) is 0. The molecule has 2 aliphatic rings. The molecular weight excluding hydrogens is 246 g/mol. The van der Waals surface area contributed by atoms with Gasteiger partial charge in [0.2, 0.25) is 0 Å². The Morgan fingerprint density at radius 2 is 1.80 bits per heavy atom. The van der Waals surface area contributed by atoms with Crippen LogP contribution >= 0.6 is 0 Å². The van der Waals surface area contributed by atoms with Crippen LogP contribution in [0, 0.1) is 11.8 Å². The van der Waals surface area contributed by atoms with E-state index in [0.717, 1.165) is 18.4 Å². The van der Waals surface area contributed by atoms with Gasteiger partial charge in [0.25, 0.3) is 0 Å². The number of hydrogen-bond donors (Lipinski definition) is 1. The van der Waals surface area contributed by atoms with Gasteiger partial charge in [0.15, 0.2) is 0 Å². The molecule has 0 aromatic heterocycles. The number of hydrogen-bond acceptors (Lipinski definition) is 2. The second kappa shape index (κ2) is 6.36. The first-order valence-corrected chi connectivity index (χ1v) is 8.73. The molecule has 2 unspecified atom stereocenters. The minimum atomic E-state index is 0.219. The molecule has 1 saturated carbocycles. The molecule has 2 atom stereocenters. The molecule has 2 nitrogen and oxygen atoms in total. The molecule has 2 rings (SSSR count). The predicted molar refractivity (Wildman–Crippen MR) is 86.0 cm³/mol. The van der Waals surface area contributed by atoms with E-state index in [2.05, 4.69) is 39.9 Å². The van der Waals surface area contributed by atoms with E-state index in [-0.39, 0.29) is 5.54 Å². The molecule has 0 amide bonds. The Morgan fingerprint density at radius 1 is 1.15 bits per heavy atom. The zero-order valence-electron chi connectivity index (χ0n) is 14.3. The normalized spacial score (nSPS) is 27.6. The lowest BCUT2D eigenvalue weighted by atomic mass is 9.88. The van der Waals surface area contributed by atoms with Crippen molar-refractivity contribution in [1.82, 2.24) is 5.32 Å². The van der Waals surface area contributed by atoms with Crippen LogP contribution in [0.3, 0.4) is 0 Å². The minimum Gasteiger partial charge on any atom is -0.372 e. The van der Waals surface area contributed by atoms with E-state index in [0.29, 0.717) is 11.7 Å². The molecule has 0 bridgehead atoms. The van der Waals surface area contributed by atoms with Gasteiger partial charge >= 0.3 is 0 Å². The van der Waals surface area contributed by atoms with E-state index in [1.807, 2.05) is 0 Å². The highest BCUT2D eigenvalue weighted by molar-refractivity contribution is 4.93. The van der Waals surface area contributed by atoms with E-state index in [4.69, 9.17) is 4.74 Å². The van der Waals surface area contributed by atoms with Crippen LogP contribution in [-0.2, 0) is 4.74 Å². The van der Waals surface area contributed by atoms with Crippen LogP contribution in [0.25, 0.3) is 0 Å². The lowest BCUT2D eigenvalue weighted by molar-refractivity contribution is -0.0465. The van der Waals surface area contributed by atoms with Gasteiger partial charge in [0.05, 0.1) is 11.7 Å². The maximum Gasteiger partial charge on any atom is 0.0687 e. The third kappa shape index (κ3) is 4.46. The van der Waals surface area contributed by atoms with Gasteiger partial charge in [-0.3, -0.25) is 0 Å². The molecule has 0 aromatic carbocycles. The van der Waals surface area contributed by atoms with Gasteiger partial charge in [0, 0.05) is 5.54 Å². The number of nitrogens with one attached hydrogen (secondary N) is 1. The molecule has 118 valence electrons. The second-order valence-electron chi connectivity index (χ2n) is 8.54. The zero-order valence-corrected chi connectivity index (χ0v) is 14.3. The van der Waals surface area contributed by atoms with Crippen molar-refractivity contribution in [2.24, 2.45) is 11.8 Å². The molecule has 0 radical (unpaired) electrons. The molecule has 1 saturated heterocycles. The molecule has 20 heavy (non-hydrogen) atoms. The summed E-state index contributed by atoms with van der Waals surface area (Å²) in [5, 5.41) is 3.68. The zero-order chi connectivity index (χ0) is 14.8. The van der Waals surface area contributed by atoms with Crippen molar-refractivity contribution in [2.45, 2.75) is 96.8 Å². The topological polar surface area (TPSA) is 21.3 Å². The summed E-state index contributed by atoms with van der Waals surface area (Å²) in [7, 11) is 0. The van der Waals surface area contributed by atoms with Gasteiger partial charge in [-0.1, -0.05) is 26.7 Å². The molecule has 1 aliphatic carbocycles. The molecule has 1 spiro atoms. The number of ether oxygens (including phenoxy) is 1. The van der Waals surface area contributed by atoms with Gasteiger partial charge in [0.1, 0.15) is 0 Å². The minimum absolute atomic E-state index is 0.219. The molecule has 2 fully saturated rings. The lowest BCUT2D eigenvalue weighted by Gasteiger charge is -2.30. The van der Waals surface area contributed by atoms with Crippen LogP contribution in [0.4, 0.5) is 0 Å². The lowest BCUT2D eigenvalue weighted by Crippen LogP contribution is -2.41. The van der Waals surface area contributed by atoms with Crippen molar-refractivity contribution in [1.29, 1.82) is 0 Å². The summed E-state index contributed by atoms with van der Waals surface area (Å²) in [6.45, 7) is 12.6. The second-order valence-corrected chi connectivity index (χ2v) is 8.54. The first kappa shape index (κ1) is 16.3. The molecule has 2 heteroatoms. The maximum atomic E-state index is 6.49. The fourth-order valence-corrected chi connectivity index (χ4v) is 3.81. The van der Waals surface area contributed by atoms with Gasteiger partial charge in [-0.2, -0.15) is 0 Å². The van der Waals surface area contributed by atoms with Gasteiger partial charge in [-0.05, 0) is 71.3 Å². The van der Waals surface area contributed by atoms with Crippen molar-refractivity contribution in [3.05, 3.63) is 0 Å². The van der Waals surface area contributed by atoms with E-state index < -0.39 is 0 Å². The summed E-state index contributed by atoms with van der Waals surface area (Å²) in [5.74, 6) is 1.46. The molecule has 1 N–H and O–H groups in total. The van der Waals surface area contributed by atoms with Gasteiger partial charge in [-0.15, -0.1) is 0 Å². The van der Waals surface area contributed by atoms with Crippen molar-refractivity contribution < 1.29 is 4.74 Å².